The number of rotatable bonds is 4. The SMILES string of the molecule is COc1cnc(C(=O)Nc2ccc3c(c2)[C@@]2(CCOC(N)=N2)c2cc(-c4ccnc(F)c4)nc(F)c2O3)cn1. The van der Waals surface area contributed by atoms with Gasteiger partial charge in [0.05, 0.1) is 31.8 Å². The topological polar surface area (TPSA) is 147 Å². The molecule has 1 atom stereocenters. The van der Waals surface area contributed by atoms with Crippen LogP contribution in [0.5, 0.6) is 17.4 Å². The number of benzene rings is 1. The van der Waals surface area contributed by atoms with Crippen LogP contribution in [-0.4, -0.2) is 45.6 Å². The Balaban J connectivity index is 1.45. The highest BCUT2D eigenvalue weighted by atomic mass is 19.1. The lowest BCUT2D eigenvalue weighted by molar-refractivity contribution is 0.102. The number of anilines is 1. The van der Waals surface area contributed by atoms with Gasteiger partial charge in [0.15, 0.2) is 5.75 Å². The van der Waals surface area contributed by atoms with E-state index in [9.17, 15) is 9.18 Å². The minimum Gasteiger partial charge on any atom is -0.480 e. The largest absolute Gasteiger partial charge is 0.480 e. The maximum absolute atomic E-state index is 15.4. The summed E-state index contributed by atoms with van der Waals surface area (Å²) in [5.41, 5.74) is 6.54. The molecule has 2 aliphatic heterocycles. The van der Waals surface area contributed by atoms with Gasteiger partial charge in [0, 0.05) is 41.1 Å². The van der Waals surface area contributed by atoms with E-state index in [1.807, 2.05) is 0 Å². The van der Waals surface area contributed by atoms with Crippen molar-refractivity contribution in [3.63, 3.8) is 0 Å². The first kappa shape index (κ1) is 24.2. The van der Waals surface area contributed by atoms with Crippen molar-refractivity contribution in [2.45, 2.75) is 12.0 Å². The van der Waals surface area contributed by atoms with E-state index in [2.05, 4.69) is 30.2 Å². The molecule has 13 heteroatoms. The predicted octanol–water partition coefficient (Wildman–Crippen LogP) is 3.56. The first-order chi connectivity index (χ1) is 18.9. The molecule has 11 nitrogen and oxygen atoms in total. The summed E-state index contributed by atoms with van der Waals surface area (Å²) in [6.07, 6.45) is 4.15. The summed E-state index contributed by atoms with van der Waals surface area (Å²) in [6, 6.07) is 8.99. The van der Waals surface area contributed by atoms with Gasteiger partial charge in [0.25, 0.3) is 17.9 Å². The third kappa shape index (κ3) is 4.23. The summed E-state index contributed by atoms with van der Waals surface area (Å²) in [5, 5.41) is 2.77. The lowest BCUT2D eigenvalue weighted by atomic mass is 9.77. The van der Waals surface area contributed by atoms with Crippen LogP contribution in [0.2, 0.25) is 0 Å². The fraction of sp³-hybridized carbons (Fsp3) is 0.154. The summed E-state index contributed by atoms with van der Waals surface area (Å²) >= 11 is 0. The number of nitrogens with two attached hydrogens (primary N) is 1. The second-order valence-corrected chi connectivity index (χ2v) is 8.66. The second-order valence-electron chi connectivity index (χ2n) is 8.66. The number of carbonyl (C=O) groups is 1. The van der Waals surface area contributed by atoms with E-state index in [1.165, 1.54) is 31.8 Å². The summed E-state index contributed by atoms with van der Waals surface area (Å²) in [4.78, 5) is 33.0. The van der Waals surface area contributed by atoms with Gasteiger partial charge in [0.2, 0.25) is 11.8 Å². The van der Waals surface area contributed by atoms with E-state index >= 15 is 4.39 Å². The molecule has 1 spiro atoms. The van der Waals surface area contributed by atoms with E-state index in [0.717, 1.165) is 6.07 Å². The molecule has 1 amide bonds. The van der Waals surface area contributed by atoms with Crippen molar-refractivity contribution in [3.8, 4) is 28.6 Å². The number of ether oxygens (including phenoxy) is 3. The van der Waals surface area contributed by atoms with Gasteiger partial charge < -0.3 is 25.3 Å². The maximum Gasteiger partial charge on any atom is 0.283 e. The van der Waals surface area contributed by atoms with Crippen LogP contribution in [-0.2, 0) is 10.3 Å². The Hall–Kier alpha value is -5.20. The normalized spacial score (nSPS) is 17.3. The molecule has 3 aromatic heterocycles. The van der Waals surface area contributed by atoms with Gasteiger partial charge in [-0.15, -0.1) is 0 Å². The third-order valence-corrected chi connectivity index (χ3v) is 6.38. The Kier molecular flexibility index (Phi) is 5.74. The van der Waals surface area contributed by atoms with Crippen LogP contribution >= 0.6 is 0 Å². The molecule has 5 heterocycles. The van der Waals surface area contributed by atoms with Crippen molar-refractivity contribution >= 4 is 17.6 Å². The van der Waals surface area contributed by atoms with Crippen molar-refractivity contribution < 1.29 is 27.8 Å². The number of hydrogen-bond acceptors (Lipinski definition) is 10. The van der Waals surface area contributed by atoms with Crippen molar-refractivity contribution in [3.05, 3.63) is 83.7 Å². The Morgan fingerprint density at radius 1 is 1.10 bits per heavy atom. The molecule has 196 valence electrons. The Morgan fingerprint density at radius 2 is 1.97 bits per heavy atom. The summed E-state index contributed by atoms with van der Waals surface area (Å²) in [7, 11) is 1.44. The number of fused-ring (bicyclic) bond motifs is 4. The molecule has 0 unspecified atom stereocenters. The molecule has 6 rings (SSSR count). The van der Waals surface area contributed by atoms with Crippen molar-refractivity contribution in [1.29, 1.82) is 0 Å². The zero-order chi connectivity index (χ0) is 27.1. The fourth-order valence-corrected chi connectivity index (χ4v) is 4.59. The van der Waals surface area contributed by atoms with E-state index in [1.54, 1.807) is 24.3 Å². The lowest BCUT2D eigenvalue weighted by Crippen LogP contribution is -2.39. The minimum absolute atomic E-state index is 0.0699. The number of aromatic nitrogens is 4. The van der Waals surface area contributed by atoms with Gasteiger partial charge in [0.1, 0.15) is 17.0 Å². The van der Waals surface area contributed by atoms with Gasteiger partial charge in [-0.2, -0.15) is 8.78 Å². The number of amidine groups is 1. The fourth-order valence-electron chi connectivity index (χ4n) is 4.59. The number of halogens is 2. The highest BCUT2D eigenvalue weighted by Gasteiger charge is 2.46. The molecule has 0 radical (unpaired) electrons. The first-order valence-electron chi connectivity index (χ1n) is 11.7. The van der Waals surface area contributed by atoms with Crippen LogP contribution < -0.4 is 20.5 Å². The molecule has 0 fully saturated rings. The number of nitrogens with one attached hydrogen (secondary N) is 1. The molecule has 0 saturated carbocycles. The van der Waals surface area contributed by atoms with E-state index in [0.29, 0.717) is 28.1 Å². The van der Waals surface area contributed by atoms with E-state index in [-0.39, 0.29) is 42.1 Å². The van der Waals surface area contributed by atoms with Gasteiger partial charge in [-0.25, -0.2) is 24.9 Å². The lowest BCUT2D eigenvalue weighted by Gasteiger charge is -2.39. The van der Waals surface area contributed by atoms with E-state index in [4.69, 9.17) is 19.9 Å². The predicted molar refractivity (Wildman–Crippen MR) is 133 cm³/mol. The van der Waals surface area contributed by atoms with Crippen molar-refractivity contribution in [2.75, 3.05) is 19.0 Å². The number of amides is 1. The summed E-state index contributed by atoms with van der Waals surface area (Å²) in [6.45, 7) is 0.176. The molecule has 1 aromatic carbocycles. The number of pyridine rings is 2. The monoisotopic (exact) mass is 531 g/mol. The van der Waals surface area contributed by atoms with Gasteiger partial charge in [-0.3, -0.25) is 4.79 Å². The standard InChI is InChI=1S/C26H19F2N7O4/c1-37-21-12-31-18(11-32-21)24(36)33-14-2-3-19-15(9-14)26(5-7-38-25(29)35-26)16-10-17(34-23(28)22(16)39-19)13-4-6-30-20(27)8-13/h2-4,6,8-12H,5,7H2,1H3,(H2,29,35)(H,33,36)/t26-/m0/s1. The highest BCUT2D eigenvalue weighted by molar-refractivity contribution is 6.02. The highest BCUT2D eigenvalue weighted by Crippen LogP contribution is 2.53. The zero-order valence-electron chi connectivity index (χ0n) is 20.3. The zero-order valence-corrected chi connectivity index (χ0v) is 20.3. The molecule has 4 aromatic rings. The number of carbonyl (C=O) groups excluding carboxylic acids is 1. The quantitative estimate of drug-likeness (QED) is 0.377. The summed E-state index contributed by atoms with van der Waals surface area (Å²) < 4.78 is 45.5. The molecule has 0 aliphatic carbocycles. The smallest absolute Gasteiger partial charge is 0.283 e. The first-order valence-corrected chi connectivity index (χ1v) is 11.7. The number of methoxy groups -OCH3 is 1. The molecular formula is C26H19F2N7O4. The van der Waals surface area contributed by atoms with Crippen molar-refractivity contribution in [2.24, 2.45) is 10.7 Å². The summed E-state index contributed by atoms with van der Waals surface area (Å²) in [5.74, 6) is -1.72. The van der Waals surface area contributed by atoms with Crippen LogP contribution in [0, 0.1) is 11.9 Å². The molecule has 0 bridgehead atoms. The van der Waals surface area contributed by atoms with Crippen LogP contribution in [0.15, 0.2) is 60.0 Å². The van der Waals surface area contributed by atoms with Gasteiger partial charge in [-0.1, -0.05) is 0 Å². The average molecular weight is 531 g/mol. The second kappa shape index (κ2) is 9.28. The Bertz CT molecular complexity index is 1650. The number of hydrogen-bond donors (Lipinski definition) is 2. The van der Waals surface area contributed by atoms with Crippen LogP contribution in [0.4, 0.5) is 14.5 Å². The van der Waals surface area contributed by atoms with Crippen LogP contribution in [0.25, 0.3) is 11.3 Å². The van der Waals surface area contributed by atoms with Crippen LogP contribution in [0.1, 0.15) is 28.0 Å². The molecular weight excluding hydrogens is 512 g/mol. The van der Waals surface area contributed by atoms with Crippen LogP contribution in [0.3, 0.4) is 0 Å². The molecule has 3 N–H and O–H groups in total. The molecule has 2 aliphatic rings. The average Bonchev–Trinajstić information content (AvgIpc) is 2.94. The third-order valence-electron chi connectivity index (χ3n) is 6.38. The molecule has 39 heavy (non-hydrogen) atoms. The van der Waals surface area contributed by atoms with E-state index < -0.39 is 23.3 Å². The minimum atomic E-state index is -1.24. The maximum atomic E-state index is 15.4. The number of aliphatic imine (C=N–C) groups is 1. The Labute approximate surface area is 219 Å². The molecule has 0 saturated heterocycles. The van der Waals surface area contributed by atoms with Crippen molar-refractivity contribution in [1.82, 2.24) is 19.9 Å². The Morgan fingerprint density at radius 3 is 2.72 bits per heavy atom. The van der Waals surface area contributed by atoms with Gasteiger partial charge >= 0.3 is 0 Å². The van der Waals surface area contributed by atoms with Gasteiger partial charge in [-0.05, 0) is 30.3 Å². The number of nitrogens with zero attached hydrogens (tertiary/aromatic N) is 5.